The molecule has 0 radical (unpaired) electrons. The highest BCUT2D eigenvalue weighted by Crippen LogP contribution is 2.38. The maximum atomic E-state index is 12.9. The minimum atomic E-state index is -0.297. The number of benzene rings is 2. The Morgan fingerprint density at radius 3 is 2.45 bits per heavy atom. The number of fused-ring (bicyclic) bond motifs is 1. The Morgan fingerprint density at radius 1 is 1.14 bits per heavy atom. The lowest BCUT2D eigenvalue weighted by Crippen LogP contribution is -2.15. The molecule has 29 heavy (non-hydrogen) atoms. The van der Waals surface area contributed by atoms with Crippen molar-refractivity contribution in [2.75, 3.05) is 45.9 Å². The van der Waals surface area contributed by atoms with Crippen molar-refractivity contribution in [3.05, 3.63) is 46.5 Å². The van der Waals surface area contributed by atoms with Crippen LogP contribution in [0.1, 0.15) is 22.8 Å². The molecule has 0 aromatic heterocycles. The highest BCUT2D eigenvalue weighted by Gasteiger charge is 2.18. The molecule has 0 fully saturated rings. The van der Waals surface area contributed by atoms with Crippen molar-refractivity contribution in [1.82, 2.24) is 0 Å². The van der Waals surface area contributed by atoms with E-state index >= 15 is 0 Å². The fourth-order valence-corrected chi connectivity index (χ4v) is 3.23. The third-order valence-corrected chi connectivity index (χ3v) is 4.68. The lowest BCUT2D eigenvalue weighted by Gasteiger charge is -2.20. The summed E-state index contributed by atoms with van der Waals surface area (Å²) >= 11 is 6.38. The number of methoxy groups -OCH3 is 1. The summed E-state index contributed by atoms with van der Waals surface area (Å²) < 4.78 is 22.2. The van der Waals surface area contributed by atoms with Gasteiger partial charge < -0.3 is 23.8 Å². The summed E-state index contributed by atoms with van der Waals surface area (Å²) in [6, 6.07) is 8.74. The summed E-state index contributed by atoms with van der Waals surface area (Å²) in [6.45, 7) is 3.41. The fraction of sp³-hybridized carbons (Fsp3) is 0.318. The van der Waals surface area contributed by atoms with Crippen LogP contribution in [0.25, 0.3) is 6.08 Å². The van der Waals surface area contributed by atoms with Crippen molar-refractivity contribution in [2.24, 2.45) is 0 Å². The average Bonchev–Trinajstić information content (AvgIpc) is 2.73. The van der Waals surface area contributed by atoms with Crippen molar-refractivity contribution in [1.29, 1.82) is 0 Å². The van der Waals surface area contributed by atoms with E-state index in [-0.39, 0.29) is 10.8 Å². The number of hydrogen-bond acceptors (Lipinski definition) is 6. The van der Waals surface area contributed by atoms with E-state index in [9.17, 15) is 4.79 Å². The SMILES string of the molecule is CCOc1ccc(C(=O)/C(Cl)=C\c2cc3c(cc2OC)OCCO3)cc1N(C)C. The van der Waals surface area contributed by atoms with Gasteiger partial charge >= 0.3 is 0 Å². The second-order valence-corrected chi connectivity index (χ2v) is 6.98. The highest BCUT2D eigenvalue weighted by atomic mass is 35.5. The van der Waals surface area contributed by atoms with Crippen LogP contribution in [0.5, 0.6) is 23.0 Å². The van der Waals surface area contributed by atoms with E-state index in [0.717, 1.165) is 5.69 Å². The molecule has 1 aliphatic rings. The molecule has 0 saturated carbocycles. The van der Waals surface area contributed by atoms with E-state index < -0.39 is 0 Å². The Labute approximate surface area is 175 Å². The van der Waals surface area contributed by atoms with E-state index in [1.807, 2.05) is 25.9 Å². The largest absolute Gasteiger partial charge is 0.496 e. The first-order chi connectivity index (χ1) is 13.9. The Balaban J connectivity index is 1.94. The normalized spacial score (nSPS) is 13.1. The van der Waals surface area contributed by atoms with Crippen LogP contribution in [0.2, 0.25) is 0 Å². The predicted octanol–water partition coefficient (Wildman–Crippen LogP) is 4.39. The molecule has 0 saturated heterocycles. The van der Waals surface area contributed by atoms with Crippen molar-refractivity contribution in [3.63, 3.8) is 0 Å². The zero-order valence-corrected chi connectivity index (χ0v) is 17.7. The van der Waals surface area contributed by atoms with Crippen molar-refractivity contribution in [2.45, 2.75) is 6.92 Å². The molecule has 1 heterocycles. The van der Waals surface area contributed by atoms with E-state index in [1.54, 1.807) is 43.5 Å². The van der Waals surface area contributed by atoms with Crippen LogP contribution in [0.3, 0.4) is 0 Å². The van der Waals surface area contributed by atoms with Gasteiger partial charge in [0.2, 0.25) is 5.78 Å². The van der Waals surface area contributed by atoms with Gasteiger partial charge in [-0.15, -0.1) is 0 Å². The number of carbonyl (C=O) groups excluding carboxylic acids is 1. The number of carbonyl (C=O) groups is 1. The van der Waals surface area contributed by atoms with Crippen LogP contribution in [-0.4, -0.2) is 46.8 Å². The molecule has 154 valence electrons. The lowest BCUT2D eigenvalue weighted by molar-refractivity contribution is 0.104. The minimum Gasteiger partial charge on any atom is -0.496 e. The van der Waals surface area contributed by atoms with Crippen LogP contribution in [-0.2, 0) is 0 Å². The topological polar surface area (TPSA) is 57.2 Å². The molecular formula is C22H24ClNO5. The number of ether oxygens (including phenoxy) is 4. The Bertz CT molecular complexity index is 939. The highest BCUT2D eigenvalue weighted by molar-refractivity contribution is 6.47. The van der Waals surface area contributed by atoms with Crippen molar-refractivity contribution in [3.8, 4) is 23.0 Å². The predicted molar refractivity (Wildman–Crippen MR) is 114 cm³/mol. The molecule has 1 aliphatic heterocycles. The zero-order valence-electron chi connectivity index (χ0n) is 17.0. The van der Waals surface area contributed by atoms with E-state index in [4.69, 9.17) is 30.5 Å². The monoisotopic (exact) mass is 417 g/mol. The Morgan fingerprint density at radius 2 is 1.83 bits per heavy atom. The summed E-state index contributed by atoms with van der Waals surface area (Å²) in [5, 5.41) is 0.0637. The van der Waals surface area contributed by atoms with Crippen molar-refractivity contribution < 1.29 is 23.7 Å². The van der Waals surface area contributed by atoms with Crippen LogP contribution < -0.4 is 23.8 Å². The molecule has 0 aliphatic carbocycles. The summed E-state index contributed by atoms with van der Waals surface area (Å²) in [4.78, 5) is 14.8. The summed E-state index contributed by atoms with van der Waals surface area (Å²) in [7, 11) is 5.33. The van der Waals surface area contributed by atoms with Crippen LogP contribution in [0.4, 0.5) is 5.69 Å². The summed E-state index contributed by atoms with van der Waals surface area (Å²) in [5.74, 6) is 2.16. The van der Waals surface area contributed by atoms with Gasteiger partial charge in [0.15, 0.2) is 11.5 Å². The minimum absolute atomic E-state index is 0.0637. The smallest absolute Gasteiger partial charge is 0.204 e. The number of hydrogen-bond donors (Lipinski definition) is 0. The van der Waals surface area contributed by atoms with Gasteiger partial charge in [0.1, 0.15) is 24.7 Å². The molecule has 0 unspecified atom stereocenters. The van der Waals surface area contributed by atoms with Gasteiger partial charge in [-0.3, -0.25) is 4.79 Å². The van der Waals surface area contributed by atoms with Crippen LogP contribution in [0, 0.1) is 0 Å². The maximum absolute atomic E-state index is 12.9. The van der Waals surface area contributed by atoms with Gasteiger partial charge in [-0.25, -0.2) is 0 Å². The number of allylic oxidation sites excluding steroid dienone is 1. The molecule has 3 rings (SSSR count). The van der Waals surface area contributed by atoms with E-state index in [0.29, 0.717) is 53.9 Å². The number of ketones is 1. The van der Waals surface area contributed by atoms with Crippen molar-refractivity contribution >= 4 is 29.1 Å². The molecule has 0 N–H and O–H groups in total. The number of rotatable bonds is 7. The molecule has 6 nitrogen and oxygen atoms in total. The molecule has 7 heteroatoms. The number of Topliss-reactive ketones (excluding diaryl/α,β-unsaturated/α-hetero) is 1. The Hall–Kier alpha value is -2.86. The zero-order chi connectivity index (χ0) is 21.0. The van der Waals surface area contributed by atoms with E-state index in [1.165, 1.54) is 0 Å². The second-order valence-electron chi connectivity index (χ2n) is 6.57. The third-order valence-electron chi connectivity index (χ3n) is 4.40. The van der Waals surface area contributed by atoms with Gasteiger partial charge in [0, 0.05) is 31.3 Å². The average molecular weight is 418 g/mol. The van der Waals surface area contributed by atoms with Gasteiger partial charge in [-0.2, -0.15) is 0 Å². The fourth-order valence-electron chi connectivity index (χ4n) is 3.00. The first-order valence-corrected chi connectivity index (χ1v) is 9.66. The first kappa shape index (κ1) is 20.9. The molecule has 0 spiro atoms. The molecule has 2 aromatic rings. The molecule has 0 bridgehead atoms. The molecule has 2 aromatic carbocycles. The second kappa shape index (κ2) is 9.09. The standard InChI is InChI=1S/C22H24ClNO5/c1-5-27-18-7-6-14(11-17(18)24(2)3)22(25)16(23)10-15-12-20-21(13-19(15)26-4)29-9-8-28-20/h6-7,10-13H,5,8-9H2,1-4H3/b16-10+. The van der Waals surface area contributed by atoms with Crippen LogP contribution >= 0.6 is 11.6 Å². The first-order valence-electron chi connectivity index (χ1n) is 9.28. The Kier molecular flexibility index (Phi) is 6.54. The summed E-state index contributed by atoms with van der Waals surface area (Å²) in [5.41, 5.74) is 1.91. The molecule has 0 atom stereocenters. The van der Waals surface area contributed by atoms with Gasteiger partial charge in [0.05, 0.1) is 24.4 Å². The quantitative estimate of drug-likeness (QED) is 0.491. The van der Waals surface area contributed by atoms with Gasteiger partial charge in [-0.05, 0) is 37.3 Å². The third kappa shape index (κ3) is 4.59. The summed E-state index contributed by atoms with van der Waals surface area (Å²) in [6.07, 6.45) is 1.58. The maximum Gasteiger partial charge on any atom is 0.204 e. The molecular weight excluding hydrogens is 394 g/mol. The number of anilines is 1. The molecule has 0 amide bonds. The van der Waals surface area contributed by atoms with Crippen LogP contribution in [0.15, 0.2) is 35.4 Å². The lowest BCUT2D eigenvalue weighted by atomic mass is 10.1. The van der Waals surface area contributed by atoms with Gasteiger partial charge in [-0.1, -0.05) is 11.6 Å². The van der Waals surface area contributed by atoms with Gasteiger partial charge in [0.25, 0.3) is 0 Å². The van der Waals surface area contributed by atoms with E-state index in [2.05, 4.69) is 0 Å². The number of nitrogens with zero attached hydrogens (tertiary/aromatic N) is 1. The number of halogens is 1.